The van der Waals surface area contributed by atoms with Crippen molar-refractivity contribution in [2.75, 3.05) is 11.5 Å². The summed E-state index contributed by atoms with van der Waals surface area (Å²) in [7, 11) is 0. The first-order chi connectivity index (χ1) is 8.08. The summed E-state index contributed by atoms with van der Waals surface area (Å²) in [5, 5.41) is 28.9. The van der Waals surface area contributed by atoms with E-state index >= 15 is 0 Å². The summed E-state index contributed by atoms with van der Waals surface area (Å²) in [5.74, 6) is 0.429. The van der Waals surface area contributed by atoms with Crippen LogP contribution in [-0.4, -0.2) is 44.0 Å². The Morgan fingerprint density at radius 3 is 2.71 bits per heavy atom. The standard InChI is InChI=1S/C11H15NO3S2/c12-6-2-1-3-7(4-6)17-11-10(15)9(14)8(13)5-16-11/h1-4,8-11,13-15H,5,12H2/t8-,9+,10-,11+/m1/s1. The van der Waals surface area contributed by atoms with Crippen LogP contribution in [0, 0.1) is 0 Å². The van der Waals surface area contributed by atoms with Gasteiger partial charge in [0, 0.05) is 16.3 Å². The minimum absolute atomic E-state index is 0.185. The molecule has 2 rings (SSSR count). The molecule has 1 heterocycles. The predicted octanol–water partition coefficient (Wildman–Crippen LogP) is 0.516. The predicted molar refractivity (Wildman–Crippen MR) is 71.0 cm³/mol. The molecule has 0 bridgehead atoms. The molecule has 1 aliphatic heterocycles. The van der Waals surface area contributed by atoms with Crippen molar-refractivity contribution in [1.29, 1.82) is 0 Å². The van der Waals surface area contributed by atoms with E-state index in [1.165, 1.54) is 23.5 Å². The minimum atomic E-state index is -1.07. The molecule has 1 saturated heterocycles. The smallest absolute Gasteiger partial charge is 0.108 e. The molecule has 6 heteroatoms. The Hall–Kier alpha value is -0.400. The number of rotatable bonds is 2. The average Bonchev–Trinajstić information content (AvgIpc) is 2.30. The molecule has 1 fully saturated rings. The van der Waals surface area contributed by atoms with E-state index in [4.69, 9.17) is 5.73 Å². The van der Waals surface area contributed by atoms with Gasteiger partial charge in [-0.3, -0.25) is 0 Å². The van der Waals surface area contributed by atoms with Gasteiger partial charge in [0.05, 0.1) is 10.7 Å². The number of hydrogen-bond acceptors (Lipinski definition) is 6. The number of benzene rings is 1. The summed E-state index contributed by atoms with van der Waals surface area (Å²) in [6.07, 6.45) is -2.86. The second-order valence-electron chi connectivity index (χ2n) is 3.94. The monoisotopic (exact) mass is 273 g/mol. The zero-order valence-corrected chi connectivity index (χ0v) is 10.7. The summed E-state index contributed by atoms with van der Waals surface area (Å²) in [6, 6.07) is 7.39. The molecule has 0 spiro atoms. The zero-order chi connectivity index (χ0) is 12.4. The lowest BCUT2D eigenvalue weighted by atomic mass is 10.1. The van der Waals surface area contributed by atoms with E-state index in [0.29, 0.717) is 11.4 Å². The van der Waals surface area contributed by atoms with Crippen molar-refractivity contribution in [3.8, 4) is 0 Å². The van der Waals surface area contributed by atoms with Gasteiger partial charge in [0.1, 0.15) is 12.2 Å². The fraction of sp³-hybridized carbons (Fsp3) is 0.455. The van der Waals surface area contributed by atoms with Crippen LogP contribution in [0.1, 0.15) is 0 Å². The van der Waals surface area contributed by atoms with Gasteiger partial charge in [-0.05, 0) is 18.2 Å². The van der Waals surface area contributed by atoms with E-state index in [1.807, 2.05) is 18.2 Å². The molecule has 5 N–H and O–H groups in total. The number of hydrogen-bond donors (Lipinski definition) is 4. The maximum absolute atomic E-state index is 9.86. The van der Waals surface area contributed by atoms with Gasteiger partial charge in [-0.25, -0.2) is 0 Å². The third kappa shape index (κ3) is 3.08. The largest absolute Gasteiger partial charge is 0.399 e. The van der Waals surface area contributed by atoms with Crippen molar-refractivity contribution in [1.82, 2.24) is 0 Å². The summed E-state index contributed by atoms with van der Waals surface area (Å²) < 4.78 is -0.185. The van der Waals surface area contributed by atoms with Gasteiger partial charge in [-0.15, -0.1) is 23.5 Å². The maximum atomic E-state index is 9.86. The highest BCUT2D eigenvalue weighted by Gasteiger charge is 2.37. The molecule has 1 aromatic rings. The highest BCUT2D eigenvalue weighted by Crippen LogP contribution is 2.38. The van der Waals surface area contributed by atoms with Crippen molar-refractivity contribution in [2.45, 2.75) is 27.8 Å². The number of nitrogens with two attached hydrogens (primary N) is 1. The molecule has 0 saturated carbocycles. The summed E-state index contributed by atoms with van der Waals surface area (Å²) in [5.41, 5.74) is 6.35. The van der Waals surface area contributed by atoms with Crippen molar-refractivity contribution >= 4 is 29.2 Å². The molecule has 1 aromatic carbocycles. The molecule has 17 heavy (non-hydrogen) atoms. The first-order valence-electron chi connectivity index (χ1n) is 5.26. The van der Waals surface area contributed by atoms with Gasteiger partial charge in [0.25, 0.3) is 0 Å². The van der Waals surface area contributed by atoms with Gasteiger partial charge in [-0.1, -0.05) is 6.07 Å². The Morgan fingerprint density at radius 2 is 2.00 bits per heavy atom. The Morgan fingerprint density at radius 1 is 1.24 bits per heavy atom. The normalized spacial score (nSPS) is 33.6. The number of nitrogen functional groups attached to an aromatic ring is 1. The number of aliphatic hydroxyl groups excluding tert-OH is 3. The fourth-order valence-corrected chi connectivity index (χ4v) is 4.32. The Kier molecular flexibility index (Phi) is 4.22. The first kappa shape index (κ1) is 13.0. The number of aliphatic hydroxyl groups is 3. The average molecular weight is 273 g/mol. The Balaban J connectivity index is 2.04. The quantitative estimate of drug-likeness (QED) is 0.588. The van der Waals surface area contributed by atoms with E-state index in [2.05, 4.69) is 0 Å². The van der Waals surface area contributed by atoms with E-state index in [1.54, 1.807) is 6.07 Å². The van der Waals surface area contributed by atoms with Gasteiger partial charge in [-0.2, -0.15) is 0 Å². The van der Waals surface area contributed by atoms with Gasteiger partial charge in [0.2, 0.25) is 0 Å². The zero-order valence-electron chi connectivity index (χ0n) is 9.06. The Bertz CT molecular complexity index is 391. The van der Waals surface area contributed by atoms with Crippen LogP contribution in [0.4, 0.5) is 5.69 Å². The van der Waals surface area contributed by atoms with Crippen molar-refractivity contribution in [3.63, 3.8) is 0 Å². The third-order valence-electron chi connectivity index (χ3n) is 2.56. The second-order valence-corrected chi connectivity index (χ2v) is 6.63. The van der Waals surface area contributed by atoms with Crippen molar-refractivity contribution < 1.29 is 15.3 Å². The van der Waals surface area contributed by atoms with E-state index in [0.717, 1.165) is 4.90 Å². The van der Waals surface area contributed by atoms with Crippen LogP contribution in [0.5, 0.6) is 0 Å². The summed E-state index contributed by atoms with van der Waals surface area (Å²) in [6.45, 7) is 0. The third-order valence-corrected chi connectivity index (χ3v) is 5.44. The van der Waals surface area contributed by atoms with Crippen LogP contribution in [0.3, 0.4) is 0 Å². The van der Waals surface area contributed by atoms with Gasteiger partial charge < -0.3 is 21.1 Å². The van der Waals surface area contributed by atoms with Crippen LogP contribution in [0.2, 0.25) is 0 Å². The molecule has 0 amide bonds. The van der Waals surface area contributed by atoms with E-state index in [9.17, 15) is 15.3 Å². The highest BCUT2D eigenvalue weighted by atomic mass is 32.2. The van der Waals surface area contributed by atoms with Crippen LogP contribution < -0.4 is 5.73 Å². The fourth-order valence-electron chi connectivity index (χ4n) is 1.60. The molecule has 0 aromatic heterocycles. The molecule has 4 atom stereocenters. The van der Waals surface area contributed by atoms with Crippen molar-refractivity contribution in [2.24, 2.45) is 0 Å². The molecule has 0 unspecified atom stereocenters. The van der Waals surface area contributed by atoms with Gasteiger partial charge >= 0.3 is 0 Å². The molecular formula is C11H15NO3S2. The molecule has 1 aliphatic rings. The van der Waals surface area contributed by atoms with Crippen LogP contribution >= 0.6 is 23.5 Å². The number of thioether (sulfide) groups is 2. The summed E-state index contributed by atoms with van der Waals surface area (Å²) >= 11 is 2.90. The molecule has 0 aliphatic carbocycles. The lowest BCUT2D eigenvalue weighted by Crippen LogP contribution is -2.47. The lowest BCUT2D eigenvalue weighted by molar-refractivity contribution is -0.0474. The number of anilines is 1. The highest BCUT2D eigenvalue weighted by molar-refractivity contribution is 8.17. The SMILES string of the molecule is Nc1cccc(S[C@@H]2SC[C@@H](O)[C@H](O)[C@H]2O)c1. The first-order valence-corrected chi connectivity index (χ1v) is 7.19. The molecule has 4 nitrogen and oxygen atoms in total. The Labute approximate surface area is 108 Å². The summed E-state index contributed by atoms with van der Waals surface area (Å²) in [4.78, 5) is 0.949. The van der Waals surface area contributed by atoms with E-state index in [-0.39, 0.29) is 4.58 Å². The molecule has 0 radical (unpaired) electrons. The minimum Gasteiger partial charge on any atom is -0.399 e. The van der Waals surface area contributed by atoms with Crippen LogP contribution in [0.25, 0.3) is 0 Å². The van der Waals surface area contributed by atoms with E-state index < -0.39 is 18.3 Å². The maximum Gasteiger partial charge on any atom is 0.108 e. The topological polar surface area (TPSA) is 86.7 Å². The second kappa shape index (κ2) is 5.49. The van der Waals surface area contributed by atoms with Gasteiger partial charge in [0.15, 0.2) is 0 Å². The molecule has 94 valence electrons. The molecular weight excluding hydrogens is 258 g/mol. The van der Waals surface area contributed by atoms with Crippen LogP contribution in [-0.2, 0) is 0 Å². The lowest BCUT2D eigenvalue weighted by Gasteiger charge is -2.34. The van der Waals surface area contributed by atoms with Crippen LogP contribution in [0.15, 0.2) is 29.2 Å². The van der Waals surface area contributed by atoms with Crippen molar-refractivity contribution in [3.05, 3.63) is 24.3 Å².